The van der Waals surface area contributed by atoms with E-state index in [0.717, 1.165) is 17.1 Å². The maximum absolute atomic E-state index is 11.6. The molecule has 3 N–H and O–H groups in total. The first-order valence-electron chi connectivity index (χ1n) is 7.74. The predicted octanol–water partition coefficient (Wildman–Crippen LogP) is 2.34. The standard InChI is InChI=1S/C16H18N4O3S2/c1-10(9-21)17-13-12-14(20-16(22)25-12)19-15(18-13)24-8-7-23-11-5-3-2-4-6-11/h2-6,10,21H,7-9H2,1H3,(H2,17,18,19,20,22). The fraction of sp³-hybridized carbons (Fsp3) is 0.312. The Balaban J connectivity index is 1.69. The number of fused-ring (bicyclic) bond motifs is 1. The van der Waals surface area contributed by atoms with Crippen molar-refractivity contribution in [3.8, 4) is 5.75 Å². The molecule has 0 spiro atoms. The molecule has 7 nitrogen and oxygen atoms in total. The second-order valence-electron chi connectivity index (χ2n) is 5.28. The third-order valence-electron chi connectivity index (χ3n) is 3.24. The molecule has 1 atom stereocenters. The van der Waals surface area contributed by atoms with Crippen LogP contribution in [0.1, 0.15) is 6.92 Å². The molecule has 132 valence electrons. The zero-order valence-corrected chi connectivity index (χ0v) is 15.2. The summed E-state index contributed by atoms with van der Waals surface area (Å²) in [6, 6.07) is 9.42. The second kappa shape index (κ2) is 8.32. The Bertz CT molecular complexity index is 882. The van der Waals surface area contributed by atoms with Crippen LogP contribution in [0.5, 0.6) is 5.75 Å². The minimum atomic E-state index is -0.182. The number of hydrogen-bond donors (Lipinski definition) is 3. The number of aliphatic hydroxyl groups excluding tert-OH is 1. The van der Waals surface area contributed by atoms with Gasteiger partial charge in [0.2, 0.25) is 0 Å². The van der Waals surface area contributed by atoms with Crippen molar-refractivity contribution in [2.75, 3.05) is 24.3 Å². The summed E-state index contributed by atoms with van der Waals surface area (Å²) in [4.78, 5) is 23.0. The highest BCUT2D eigenvalue weighted by molar-refractivity contribution is 7.99. The van der Waals surface area contributed by atoms with Gasteiger partial charge >= 0.3 is 4.87 Å². The third kappa shape index (κ3) is 4.71. The van der Waals surface area contributed by atoms with Gasteiger partial charge in [0.05, 0.1) is 13.2 Å². The number of aromatic amines is 1. The Hall–Kier alpha value is -2.10. The number of aliphatic hydroxyl groups is 1. The van der Waals surface area contributed by atoms with Gasteiger partial charge in [0.25, 0.3) is 0 Å². The van der Waals surface area contributed by atoms with E-state index in [1.165, 1.54) is 11.8 Å². The Morgan fingerprint density at radius 1 is 1.36 bits per heavy atom. The van der Waals surface area contributed by atoms with Crippen LogP contribution in [0.4, 0.5) is 5.82 Å². The molecule has 2 heterocycles. The normalized spacial score (nSPS) is 12.2. The highest BCUT2D eigenvalue weighted by Gasteiger charge is 2.13. The van der Waals surface area contributed by atoms with E-state index < -0.39 is 0 Å². The van der Waals surface area contributed by atoms with Crippen LogP contribution >= 0.6 is 23.1 Å². The lowest BCUT2D eigenvalue weighted by atomic mass is 10.3. The molecular weight excluding hydrogens is 360 g/mol. The summed E-state index contributed by atoms with van der Waals surface area (Å²) >= 11 is 2.50. The number of aromatic nitrogens is 3. The van der Waals surface area contributed by atoms with Crippen molar-refractivity contribution in [2.24, 2.45) is 0 Å². The van der Waals surface area contributed by atoms with Gasteiger partial charge in [0.1, 0.15) is 10.4 Å². The zero-order chi connectivity index (χ0) is 17.6. The number of ether oxygens (including phenoxy) is 1. The van der Waals surface area contributed by atoms with Crippen molar-refractivity contribution in [1.29, 1.82) is 0 Å². The maximum atomic E-state index is 11.6. The zero-order valence-electron chi connectivity index (χ0n) is 13.6. The van der Waals surface area contributed by atoms with Crippen LogP contribution in [0.3, 0.4) is 0 Å². The fourth-order valence-electron chi connectivity index (χ4n) is 2.08. The van der Waals surface area contributed by atoms with Gasteiger partial charge in [-0.25, -0.2) is 9.97 Å². The number of H-pyrrole nitrogens is 1. The Morgan fingerprint density at radius 2 is 2.16 bits per heavy atom. The molecule has 25 heavy (non-hydrogen) atoms. The maximum Gasteiger partial charge on any atom is 0.306 e. The number of thiazole rings is 1. The molecule has 0 saturated carbocycles. The summed E-state index contributed by atoms with van der Waals surface area (Å²) in [6.07, 6.45) is 0. The molecular formula is C16H18N4O3S2. The van der Waals surface area contributed by atoms with E-state index in [-0.39, 0.29) is 17.5 Å². The monoisotopic (exact) mass is 378 g/mol. The summed E-state index contributed by atoms with van der Waals surface area (Å²) in [5, 5.41) is 12.9. The number of benzene rings is 1. The molecule has 0 aliphatic rings. The number of hydrogen-bond acceptors (Lipinski definition) is 8. The number of nitrogens with one attached hydrogen (secondary N) is 2. The quantitative estimate of drug-likeness (QED) is 0.314. The molecule has 3 aromatic rings. The number of rotatable bonds is 8. The Kier molecular flexibility index (Phi) is 5.90. The van der Waals surface area contributed by atoms with E-state index in [1.54, 1.807) is 0 Å². The first-order chi connectivity index (χ1) is 12.2. The Labute approximate surface area is 152 Å². The van der Waals surface area contributed by atoms with Gasteiger partial charge in [0.15, 0.2) is 16.6 Å². The minimum Gasteiger partial charge on any atom is -0.493 e. The SMILES string of the molecule is CC(CO)Nc1nc(SCCOc2ccccc2)nc2[nH]c(=O)sc12. The van der Waals surface area contributed by atoms with Crippen LogP contribution < -0.4 is 14.9 Å². The van der Waals surface area contributed by atoms with Crippen LogP contribution in [0.25, 0.3) is 10.3 Å². The van der Waals surface area contributed by atoms with Crippen molar-refractivity contribution in [3.63, 3.8) is 0 Å². The van der Waals surface area contributed by atoms with Crippen molar-refractivity contribution in [2.45, 2.75) is 18.1 Å². The van der Waals surface area contributed by atoms with Gasteiger partial charge < -0.3 is 15.2 Å². The van der Waals surface area contributed by atoms with Crippen LogP contribution in [-0.2, 0) is 0 Å². The number of para-hydroxylation sites is 1. The van der Waals surface area contributed by atoms with E-state index in [4.69, 9.17) is 4.74 Å². The van der Waals surface area contributed by atoms with E-state index in [9.17, 15) is 9.90 Å². The molecule has 2 aromatic heterocycles. The summed E-state index contributed by atoms with van der Waals surface area (Å²) < 4.78 is 6.31. The highest BCUT2D eigenvalue weighted by atomic mass is 32.2. The molecule has 0 aliphatic heterocycles. The van der Waals surface area contributed by atoms with E-state index >= 15 is 0 Å². The third-order valence-corrected chi connectivity index (χ3v) is 4.93. The fourth-order valence-corrected chi connectivity index (χ4v) is 3.47. The van der Waals surface area contributed by atoms with E-state index in [2.05, 4.69) is 20.3 Å². The average Bonchev–Trinajstić information content (AvgIpc) is 3.00. The lowest BCUT2D eigenvalue weighted by Crippen LogP contribution is -2.20. The number of thioether (sulfide) groups is 1. The van der Waals surface area contributed by atoms with Crippen molar-refractivity contribution in [3.05, 3.63) is 40.0 Å². The highest BCUT2D eigenvalue weighted by Crippen LogP contribution is 2.25. The van der Waals surface area contributed by atoms with Crippen LogP contribution in [-0.4, -0.2) is 45.1 Å². The summed E-state index contributed by atoms with van der Waals surface area (Å²) in [5.74, 6) is 2.05. The largest absolute Gasteiger partial charge is 0.493 e. The summed E-state index contributed by atoms with van der Waals surface area (Å²) in [6.45, 7) is 2.33. The topological polar surface area (TPSA) is 100 Å². The van der Waals surface area contributed by atoms with Crippen molar-refractivity contribution >= 4 is 39.3 Å². The molecule has 0 amide bonds. The average molecular weight is 378 g/mol. The first-order valence-corrected chi connectivity index (χ1v) is 9.55. The summed E-state index contributed by atoms with van der Waals surface area (Å²) in [7, 11) is 0. The number of anilines is 1. The van der Waals surface area contributed by atoms with Crippen LogP contribution in [0.2, 0.25) is 0 Å². The predicted molar refractivity (Wildman–Crippen MR) is 101 cm³/mol. The van der Waals surface area contributed by atoms with Gasteiger partial charge in [-0.15, -0.1) is 0 Å². The summed E-state index contributed by atoms with van der Waals surface area (Å²) in [5.41, 5.74) is 0.504. The van der Waals surface area contributed by atoms with Gasteiger partial charge in [-0.3, -0.25) is 9.78 Å². The molecule has 0 fully saturated rings. The van der Waals surface area contributed by atoms with E-state index in [0.29, 0.717) is 33.7 Å². The molecule has 0 aliphatic carbocycles. The van der Waals surface area contributed by atoms with E-state index in [1.807, 2.05) is 37.3 Å². The minimum absolute atomic E-state index is 0.0296. The Morgan fingerprint density at radius 3 is 2.92 bits per heavy atom. The molecule has 0 saturated heterocycles. The van der Waals surface area contributed by atoms with Gasteiger partial charge in [-0.2, -0.15) is 0 Å². The first kappa shape index (κ1) is 17.7. The van der Waals surface area contributed by atoms with Gasteiger partial charge in [-0.05, 0) is 19.1 Å². The molecule has 9 heteroatoms. The molecule has 3 rings (SSSR count). The molecule has 1 unspecified atom stereocenters. The lowest BCUT2D eigenvalue weighted by molar-refractivity contribution is 0.281. The molecule has 0 bridgehead atoms. The van der Waals surface area contributed by atoms with Crippen LogP contribution in [0, 0.1) is 0 Å². The van der Waals surface area contributed by atoms with Gasteiger partial charge in [0, 0.05) is 11.8 Å². The number of nitrogens with zero attached hydrogens (tertiary/aromatic N) is 2. The molecule has 1 aromatic carbocycles. The van der Waals surface area contributed by atoms with Crippen molar-refractivity contribution < 1.29 is 9.84 Å². The smallest absolute Gasteiger partial charge is 0.306 e. The van der Waals surface area contributed by atoms with Gasteiger partial charge in [-0.1, -0.05) is 41.3 Å². The molecule has 0 radical (unpaired) electrons. The van der Waals surface area contributed by atoms with Crippen molar-refractivity contribution in [1.82, 2.24) is 15.0 Å². The second-order valence-corrected chi connectivity index (χ2v) is 7.33. The van der Waals surface area contributed by atoms with Crippen LogP contribution in [0.15, 0.2) is 40.3 Å². The lowest BCUT2D eigenvalue weighted by Gasteiger charge is -2.12.